The number of pyridine rings is 1. The molecule has 3 heteroatoms. The summed E-state index contributed by atoms with van der Waals surface area (Å²) in [7, 11) is -1.36. The molecule has 0 unspecified atom stereocenters. The first kappa shape index (κ1) is 15.8. The van der Waals surface area contributed by atoms with Crippen molar-refractivity contribution < 1.29 is 12.8 Å². The number of hydrogen-bond acceptors (Lipinski definition) is 0. The van der Waals surface area contributed by atoms with Crippen LogP contribution in [0, 0.1) is 20.6 Å². The van der Waals surface area contributed by atoms with Crippen molar-refractivity contribution in [3.63, 3.8) is 0 Å². The standard InChI is InChI=1S/C27H38NSi2/c1-19-15-26(28(4)18-21(19)3)24-17-25(27(16-20(24)2)30(8,9)10)22-11-13-23(14-12-22)29(5,6)7/h11-18H,1-10H3/q+1/i1D3,3D3. The van der Waals surface area contributed by atoms with Gasteiger partial charge in [-0.05, 0) is 48.9 Å². The molecule has 1 nitrogen and oxygen atoms in total. The molecule has 0 saturated heterocycles. The van der Waals surface area contributed by atoms with Crippen LogP contribution >= 0.6 is 0 Å². The summed E-state index contributed by atoms with van der Waals surface area (Å²) in [4.78, 5) is 0. The van der Waals surface area contributed by atoms with Crippen LogP contribution in [-0.4, -0.2) is 16.1 Å². The van der Waals surface area contributed by atoms with Crippen molar-refractivity contribution in [1.82, 2.24) is 0 Å². The molecule has 0 fully saturated rings. The van der Waals surface area contributed by atoms with Crippen molar-refractivity contribution in [2.75, 3.05) is 0 Å². The van der Waals surface area contributed by atoms with Gasteiger partial charge in [0.25, 0.3) is 0 Å². The van der Waals surface area contributed by atoms with Gasteiger partial charge >= 0.3 is 0 Å². The maximum Gasteiger partial charge on any atom is 0.212 e. The lowest BCUT2D eigenvalue weighted by atomic mass is 9.96. The van der Waals surface area contributed by atoms with E-state index in [-0.39, 0.29) is 11.1 Å². The van der Waals surface area contributed by atoms with E-state index in [2.05, 4.69) is 75.7 Å². The van der Waals surface area contributed by atoms with Gasteiger partial charge in [0, 0.05) is 25.4 Å². The maximum absolute atomic E-state index is 8.02. The second kappa shape index (κ2) is 7.94. The van der Waals surface area contributed by atoms with Crippen LogP contribution in [0.4, 0.5) is 0 Å². The van der Waals surface area contributed by atoms with Crippen LogP contribution in [0.5, 0.6) is 0 Å². The average molecular weight is 439 g/mol. The third-order valence-corrected chi connectivity index (χ3v) is 9.88. The van der Waals surface area contributed by atoms with Gasteiger partial charge in [-0.1, -0.05) is 80.0 Å². The van der Waals surface area contributed by atoms with Gasteiger partial charge in [-0.25, -0.2) is 4.57 Å². The minimum Gasteiger partial charge on any atom is -0.201 e. The zero-order valence-electron chi connectivity index (χ0n) is 25.6. The Hall–Kier alpha value is -1.98. The minimum absolute atomic E-state index is 0.120. The molecule has 0 saturated carbocycles. The highest BCUT2D eigenvalue weighted by Crippen LogP contribution is 2.29. The Labute approximate surface area is 194 Å². The van der Waals surface area contributed by atoms with Gasteiger partial charge in [0.15, 0.2) is 6.20 Å². The molecule has 0 aliphatic heterocycles. The molecule has 0 atom stereocenters. The molecule has 0 radical (unpaired) electrons. The molecule has 2 aromatic carbocycles. The number of aryl methyl sites for hydroxylation is 4. The summed E-state index contributed by atoms with van der Waals surface area (Å²) in [6, 6.07) is 14.9. The van der Waals surface area contributed by atoms with E-state index in [4.69, 9.17) is 8.22 Å². The van der Waals surface area contributed by atoms with Gasteiger partial charge in [-0.2, -0.15) is 0 Å². The van der Waals surface area contributed by atoms with Crippen LogP contribution in [0.2, 0.25) is 39.3 Å². The lowest BCUT2D eigenvalue weighted by Gasteiger charge is -2.24. The normalized spacial score (nSPS) is 16.1. The predicted octanol–water partition coefficient (Wildman–Crippen LogP) is 5.86. The van der Waals surface area contributed by atoms with E-state index >= 15 is 0 Å². The second-order valence-electron chi connectivity index (χ2n) is 10.4. The highest BCUT2D eigenvalue weighted by atomic mass is 28.3. The van der Waals surface area contributed by atoms with Gasteiger partial charge in [0.05, 0.1) is 16.1 Å². The molecule has 0 aliphatic carbocycles. The number of aromatic nitrogens is 1. The summed E-state index contributed by atoms with van der Waals surface area (Å²) in [5.74, 6) is 0. The lowest BCUT2D eigenvalue weighted by molar-refractivity contribution is -0.660. The zero-order valence-corrected chi connectivity index (χ0v) is 21.6. The van der Waals surface area contributed by atoms with Gasteiger partial charge in [0.1, 0.15) is 7.05 Å². The molecule has 0 amide bonds. The Kier molecular flexibility index (Phi) is 4.17. The van der Waals surface area contributed by atoms with E-state index in [9.17, 15) is 0 Å². The SMILES string of the molecule is [2H]C([2H])([2H])c1cc(-c2cc(-c3ccc([Si](C)(C)C)cc3)c([Si](C)(C)C)cc2C)[n+](C)cc1C([2H])([2H])[2H]. The highest BCUT2D eigenvalue weighted by molar-refractivity contribution is 6.90. The summed E-state index contributed by atoms with van der Waals surface area (Å²) in [5.41, 5.74) is 4.70. The number of nitrogens with zero attached hydrogens (tertiary/aromatic N) is 1. The first-order valence-electron chi connectivity index (χ1n) is 13.5. The summed E-state index contributed by atoms with van der Waals surface area (Å²) >= 11 is 0. The highest BCUT2D eigenvalue weighted by Gasteiger charge is 2.25. The van der Waals surface area contributed by atoms with E-state index < -0.39 is 29.9 Å². The smallest absolute Gasteiger partial charge is 0.201 e. The van der Waals surface area contributed by atoms with Crippen LogP contribution in [0.25, 0.3) is 22.4 Å². The van der Waals surface area contributed by atoms with Crippen molar-refractivity contribution in [1.29, 1.82) is 0 Å². The molecule has 3 aromatic rings. The van der Waals surface area contributed by atoms with Crippen molar-refractivity contribution in [3.05, 3.63) is 65.4 Å². The third-order valence-electron chi connectivity index (χ3n) is 5.78. The summed E-state index contributed by atoms with van der Waals surface area (Å²) < 4.78 is 49.5. The molecule has 0 N–H and O–H groups in total. The Bertz CT molecular complexity index is 1280. The van der Waals surface area contributed by atoms with Crippen molar-refractivity contribution in [3.8, 4) is 22.4 Å². The third kappa shape index (κ3) is 4.52. The fourth-order valence-electron chi connectivity index (χ4n) is 3.91. The summed E-state index contributed by atoms with van der Waals surface area (Å²) in [6.45, 7) is 11.0. The van der Waals surface area contributed by atoms with Crippen LogP contribution in [0.3, 0.4) is 0 Å². The van der Waals surface area contributed by atoms with Crippen LogP contribution in [0.15, 0.2) is 48.7 Å². The van der Waals surface area contributed by atoms with Crippen LogP contribution in [0.1, 0.15) is 24.9 Å². The summed E-state index contributed by atoms with van der Waals surface area (Å²) in [6.07, 6.45) is 1.46. The van der Waals surface area contributed by atoms with Gasteiger partial charge in [-0.15, -0.1) is 0 Å². The molecular weight excluding hydrogens is 394 g/mol. The Balaban J connectivity index is 2.33. The van der Waals surface area contributed by atoms with Crippen LogP contribution in [-0.2, 0) is 7.05 Å². The molecule has 0 aliphatic rings. The molecule has 3 rings (SSSR count). The number of hydrogen-bond donors (Lipinski definition) is 0. The first-order chi connectivity index (χ1) is 16.2. The Morgan fingerprint density at radius 3 is 1.90 bits per heavy atom. The molecule has 0 spiro atoms. The van der Waals surface area contributed by atoms with E-state index in [0.717, 1.165) is 22.3 Å². The van der Waals surface area contributed by atoms with Crippen molar-refractivity contribution in [2.45, 2.75) is 59.9 Å². The summed E-state index contributed by atoms with van der Waals surface area (Å²) in [5, 5.41) is 2.75. The van der Waals surface area contributed by atoms with E-state index in [1.165, 1.54) is 16.6 Å². The molecule has 158 valence electrons. The van der Waals surface area contributed by atoms with E-state index in [1.54, 1.807) is 17.7 Å². The molecule has 1 heterocycles. The fourth-order valence-corrected chi connectivity index (χ4v) is 6.75. The monoisotopic (exact) mass is 438 g/mol. The quantitative estimate of drug-likeness (QED) is 0.355. The Morgan fingerprint density at radius 2 is 1.37 bits per heavy atom. The first-order valence-corrected chi connectivity index (χ1v) is 17.5. The number of rotatable bonds is 4. The molecule has 1 aromatic heterocycles. The molecule has 30 heavy (non-hydrogen) atoms. The number of benzene rings is 2. The van der Waals surface area contributed by atoms with E-state index in [1.807, 2.05) is 6.92 Å². The topological polar surface area (TPSA) is 3.88 Å². The predicted molar refractivity (Wildman–Crippen MR) is 139 cm³/mol. The van der Waals surface area contributed by atoms with Gasteiger partial charge < -0.3 is 0 Å². The van der Waals surface area contributed by atoms with Gasteiger partial charge in [0.2, 0.25) is 5.69 Å². The van der Waals surface area contributed by atoms with Gasteiger partial charge in [-0.3, -0.25) is 0 Å². The maximum atomic E-state index is 8.02. The Morgan fingerprint density at radius 1 is 0.733 bits per heavy atom. The average Bonchev–Trinajstić information content (AvgIpc) is 2.71. The largest absolute Gasteiger partial charge is 0.212 e. The van der Waals surface area contributed by atoms with E-state index in [0.29, 0.717) is 5.69 Å². The van der Waals surface area contributed by atoms with Crippen molar-refractivity contribution >= 4 is 26.5 Å². The van der Waals surface area contributed by atoms with Crippen LogP contribution < -0.4 is 14.9 Å². The minimum atomic E-state index is -2.53. The van der Waals surface area contributed by atoms with Crippen molar-refractivity contribution in [2.24, 2.45) is 7.05 Å². The molecule has 0 bridgehead atoms. The lowest BCUT2D eigenvalue weighted by Crippen LogP contribution is -2.40. The second-order valence-corrected chi connectivity index (χ2v) is 20.5. The fraction of sp³-hybridized carbons (Fsp3) is 0.370. The molecular formula is C27H38NSi2+. The zero-order chi connectivity index (χ0) is 27.4.